The van der Waals surface area contributed by atoms with Crippen molar-refractivity contribution in [2.75, 3.05) is 7.11 Å². The summed E-state index contributed by atoms with van der Waals surface area (Å²) >= 11 is 0. The molecule has 4 heteroatoms. The van der Waals surface area contributed by atoms with Crippen molar-refractivity contribution in [3.8, 4) is 0 Å². The summed E-state index contributed by atoms with van der Waals surface area (Å²) in [7, 11) is 1.30. The van der Waals surface area contributed by atoms with Gasteiger partial charge in [0.15, 0.2) is 0 Å². The van der Waals surface area contributed by atoms with Gasteiger partial charge in [-0.15, -0.1) is 0 Å². The van der Waals surface area contributed by atoms with Gasteiger partial charge in [-0.25, -0.2) is 0 Å². The van der Waals surface area contributed by atoms with E-state index in [-0.39, 0.29) is 6.42 Å². The van der Waals surface area contributed by atoms with E-state index >= 15 is 0 Å². The average Bonchev–Trinajstić information content (AvgIpc) is 2.15. The zero-order valence-electron chi connectivity index (χ0n) is 8.77. The molecule has 1 aliphatic rings. The normalized spacial score (nSPS) is 28.8. The molecule has 0 radical (unpaired) electrons. The van der Waals surface area contributed by atoms with E-state index < -0.39 is 23.3 Å². The fraction of sp³-hybridized carbons (Fsp3) is 0.455. The van der Waals surface area contributed by atoms with Crippen LogP contribution in [0.5, 0.6) is 0 Å². The zero-order valence-corrected chi connectivity index (χ0v) is 8.77. The van der Waals surface area contributed by atoms with Crippen LogP contribution in [0.15, 0.2) is 24.3 Å². The first kappa shape index (κ1) is 11.5. The molecule has 1 N–H and O–H groups in total. The SMILES string of the molecule is COC(=O)C1C=CC=CC1(C)CC(=O)O. The molecule has 0 saturated heterocycles. The summed E-state index contributed by atoms with van der Waals surface area (Å²) in [4.78, 5) is 22.2. The molecule has 2 atom stereocenters. The fourth-order valence-electron chi connectivity index (χ4n) is 1.74. The van der Waals surface area contributed by atoms with Crippen LogP contribution >= 0.6 is 0 Å². The first-order chi connectivity index (χ1) is 6.99. The third-order valence-electron chi connectivity index (χ3n) is 2.59. The van der Waals surface area contributed by atoms with Crippen molar-refractivity contribution in [3.05, 3.63) is 24.3 Å². The van der Waals surface area contributed by atoms with E-state index in [1.54, 1.807) is 31.2 Å². The number of carbonyl (C=O) groups is 2. The second-order valence-electron chi connectivity index (χ2n) is 3.82. The standard InChI is InChI=1S/C11H14O4/c1-11(7-9(12)13)6-4-3-5-8(11)10(14)15-2/h3-6,8H,7H2,1-2H3,(H,12,13). The smallest absolute Gasteiger partial charge is 0.313 e. The van der Waals surface area contributed by atoms with Gasteiger partial charge in [-0.3, -0.25) is 9.59 Å². The van der Waals surface area contributed by atoms with Gasteiger partial charge in [0, 0.05) is 5.41 Å². The first-order valence-electron chi connectivity index (χ1n) is 4.65. The van der Waals surface area contributed by atoms with Crippen LogP contribution in [-0.4, -0.2) is 24.2 Å². The molecule has 0 aromatic carbocycles. The van der Waals surface area contributed by atoms with Gasteiger partial charge in [0.2, 0.25) is 0 Å². The lowest BCUT2D eigenvalue weighted by Crippen LogP contribution is -2.34. The van der Waals surface area contributed by atoms with Crippen LogP contribution in [0.2, 0.25) is 0 Å². The molecule has 1 rings (SSSR count). The van der Waals surface area contributed by atoms with E-state index in [0.717, 1.165) is 0 Å². The van der Waals surface area contributed by atoms with Crippen LogP contribution in [-0.2, 0) is 14.3 Å². The highest BCUT2D eigenvalue weighted by molar-refractivity contribution is 5.78. The van der Waals surface area contributed by atoms with Gasteiger partial charge >= 0.3 is 11.9 Å². The first-order valence-corrected chi connectivity index (χ1v) is 4.65. The lowest BCUT2D eigenvalue weighted by molar-refractivity contribution is -0.148. The van der Waals surface area contributed by atoms with Crippen LogP contribution < -0.4 is 0 Å². The van der Waals surface area contributed by atoms with Gasteiger partial charge in [-0.2, -0.15) is 0 Å². The Morgan fingerprint density at radius 2 is 2.13 bits per heavy atom. The van der Waals surface area contributed by atoms with Gasteiger partial charge < -0.3 is 9.84 Å². The minimum atomic E-state index is -0.925. The maximum absolute atomic E-state index is 11.5. The summed E-state index contributed by atoms with van der Waals surface area (Å²) in [5.41, 5.74) is -0.701. The number of esters is 1. The van der Waals surface area contributed by atoms with Gasteiger partial charge in [0.05, 0.1) is 19.4 Å². The monoisotopic (exact) mass is 210 g/mol. The molecule has 1 aliphatic carbocycles. The summed E-state index contributed by atoms with van der Waals surface area (Å²) in [5.74, 6) is -1.85. The molecule has 0 amide bonds. The molecule has 0 aliphatic heterocycles. The summed E-state index contributed by atoms with van der Waals surface area (Å²) in [6, 6.07) is 0. The van der Waals surface area contributed by atoms with E-state index in [0.29, 0.717) is 0 Å². The molecule has 4 nitrogen and oxygen atoms in total. The minimum Gasteiger partial charge on any atom is -0.481 e. The number of rotatable bonds is 3. The molecular weight excluding hydrogens is 196 g/mol. The quantitative estimate of drug-likeness (QED) is 0.715. The lowest BCUT2D eigenvalue weighted by atomic mass is 9.72. The Balaban J connectivity index is 2.93. The molecule has 0 spiro atoms. The second-order valence-corrected chi connectivity index (χ2v) is 3.82. The van der Waals surface area contributed by atoms with E-state index in [1.165, 1.54) is 7.11 Å². The van der Waals surface area contributed by atoms with Crippen molar-refractivity contribution in [2.45, 2.75) is 13.3 Å². The Morgan fingerprint density at radius 1 is 1.47 bits per heavy atom. The number of carboxylic acids is 1. The molecule has 0 heterocycles. The molecular formula is C11H14O4. The van der Waals surface area contributed by atoms with Crippen molar-refractivity contribution >= 4 is 11.9 Å². The topological polar surface area (TPSA) is 63.6 Å². The van der Waals surface area contributed by atoms with Crippen molar-refractivity contribution < 1.29 is 19.4 Å². The number of hydrogen-bond donors (Lipinski definition) is 1. The van der Waals surface area contributed by atoms with Crippen LogP contribution in [0.25, 0.3) is 0 Å². The van der Waals surface area contributed by atoms with Crippen molar-refractivity contribution in [2.24, 2.45) is 11.3 Å². The Morgan fingerprint density at radius 3 is 2.67 bits per heavy atom. The van der Waals surface area contributed by atoms with Crippen LogP contribution in [0, 0.1) is 11.3 Å². The van der Waals surface area contributed by atoms with Crippen molar-refractivity contribution in [1.82, 2.24) is 0 Å². The second kappa shape index (κ2) is 4.29. The summed E-state index contributed by atoms with van der Waals surface area (Å²) in [6.07, 6.45) is 6.80. The highest BCUT2D eigenvalue weighted by atomic mass is 16.5. The Kier molecular flexibility index (Phi) is 3.29. The summed E-state index contributed by atoms with van der Waals surface area (Å²) in [6.45, 7) is 1.74. The predicted molar refractivity (Wildman–Crippen MR) is 54.1 cm³/mol. The number of aliphatic carboxylic acids is 1. The minimum absolute atomic E-state index is 0.0897. The van der Waals surface area contributed by atoms with Crippen molar-refractivity contribution in [3.63, 3.8) is 0 Å². The van der Waals surface area contributed by atoms with Gasteiger partial charge in [-0.1, -0.05) is 31.2 Å². The highest BCUT2D eigenvalue weighted by Crippen LogP contribution is 2.37. The number of methoxy groups -OCH3 is 1. The van der Waals surface area contributed by atoms with E-state index in [1.807, 2.05) is 0 Å². The van der Waals surface area contributed by atoms with Crippen LogP contribution in [0.3, 0.4) is 0 Å². The molecule has 0 fully saturated rings. The maximum atomic E-state index is 11.5. The molecule has 0 aromatic rings. The molecule has 0 bridgehead atoms. The van der Waals surface area contributed by atoms with Crippen LogP contribution in [0.4, 0.5) is 0 Å². The third-order valence-corrected chi connectivity index (χ3v) is 2.59. The summed E-state index contributed by atoms with van der Waals surface area (Å²) < 4.78 is 4.65. The maximum Gasteiger partial charge on any atom is 0.313 e. The molecule has 2 unspecified atom stereocenters. The Labute approximate surface area is 88.2 Å². The highest BCUT2D eigenvalue weighted by Gasteiger charge is 2.39. The third kappa shape index (κ3) is 2.46. The van der Waals surface area contributed by atoms with Crippen molar-refractivity contribution in [1.29, 1.82) is 0 Å². The van der Waals surface area contributed by atoms with Crippen LogP contribution in [0.1, 0.15) is 13.3 Å². The van der Waals surface area contributed by atoms with E-state index in [2.05, 4.69) is 4.74 Å². The van der Waals surface area contributed by atoms with Gasteiger partial charge in [-0.05, 0) is 0 Å². The lowest BCUT2D eigenvalue weighted by Gasteiger charge is -2.31. The fourth-order valence-corrected chi connectivity index (χ4v) is 1.74. The predicted octanol–water partition coefficient (Wildman–Crippen LogP) is 1.38. The van der Waals surface area contributed by atoms with Gasteiger partial charge in [0.25, 0.3) is 0 Å². The number of hydrogen-bond acceptors (Lipinski definition) is 3. The molecule has 15 heavy (non-hydrogen) atoms. The molecule has 0 aromatic heterocycles. The Hall–Kier alpha value is -1.58. The number of allylic oxidation sites excluding steroid dienone is 3. The average molecular weight is 210 g/mol. The van der Waals surface area contributed by atoms with E-state index in [9.17, 15) is 9.59 Å². The number of carbonyl (C=O) groups excluding carboxylic acids is 1. The van der Waals surface area contributed by atoms with Gasteiger partial charge in [0.1, 0.15) is 0 Å². The molecule has 0 saturated carbocycles. The molecule has 82 valence electrons. The summed E-state index contributed by atoms with van der Waals surface area (Å²) in [5, 5.41) is 8.79. The number of ether oxygens (including phenoxy) is 1. The number of carboxylic acid groups (broad SMARTS) is 1. The van der Waals surface area contributed by atoms with E-state index in [4.69, 9.17) is 5.11 Å². The largest absolute Gasteiger partial charge is 0.481 e. The zero-order chi connectivity index (χ0) is 11.5. The Bertz CT molecular complexity index is 329.